The summed E-state index contributed by atoms with van der Waals surface area (Å²) >= 11 is 0. The van der Waals surface area contributed by atoms with Gasteiger partial charge in [-0.15, -0.1) is 6.58 Å². The molecule has 0 aromatic rings. The molecule has 7 heteroatoms. The molecule has 3 N–H and O–H groups in total. The predicted octanol–water partition coefficient (Wildman–Crippen LogP) is 1.44. The number of hydrogen-bond acceptors (Lipinski definition) is 4. The Bertz CT molecular complexity index is 387. The van der Waals surface area contributed by atoms with Gasteiger partial charge in [-0.05, 0) is 33.6 Å². The van der Waals surface area contributed by atoms with Crippen molar-refractivity contribution >= 4 is 18.0 Å². The van der Waals surface area contributed by atoms with Crippen molar-refractivity contribution < 1.29 is 24.2 Å². The number of carboxylic acids is 1. The Morgan fingerprint density at radius 1 is 1.33 bits per heavy atom. The van der Waals surface area contributed by atoms with Crippen LogP contribution in [0.2, 0.25) is 0 Å². The molecule has 0 spiro atoms. The highest BCUT2D eigenvalue weighted by Crippen LogP contribution is 2.08. The van der Waals surface area contributed by atoms with Crippen molar-refractivity contribution in [3.8, 4) is 0 Å². The second-order valence-corrected chi connectivity index (χ2v) is 5.50. The van der Waals surface area contributed by atoms with Crippen LogP contribution in [0.1, 0.15) is 40.0 Å². The van der Waals surface area contributed by atoms with Crippen molar-refractivity contribution in [3.63, 3.8) is 0 Å². The Balaban J connectivity index is 4.57. The molecule has 0 aromatic heterocycles. The minimum atomic E-state index is -1.04. The van der Waals surface area contributed by atoms with E-state index in [1.54, 1.807) is 26.8 Å². The van der Waals surface area contributed by atoms with Crippen LogP contribution in [0, 0.1) is 0 Å². The molecule has 0 aliphatic carbocycles. The van der Waals surface area contributed by atoms with Crippen LogP contribution in [0.15, 0.2) is 12.7 Å². The molecule has 1 unspecified atom stereocenters. The first-order chi connectivity index (χ1) is 9.65. The molecule has 0 aliphatic rings. The van der Waals surface area contributed by atoms with Gasteiger partial charge in [-0.3, -0.25) is 9.59 Å². The van der Waals surface area contributed by atoms with Gasteiger partial charge in [-0.1, -0.05) is 6.08 Å². The van der Waals surface area contributed by atoms with Gasteiger partial charge in [0.05, 0.1) is 0 Å². The lowest BCUT2D eigenvalue weighted by Gasteiger charge is -2.23. The molecule has 0 aromatic carbocycles. The van der Waals surface area contributed by atoms with Crippen LogP contribution in [0.25, 0.3) is 0 Å². The van der Waals surface area contributed by atoms with E-state index in [1.165, 1.54) is 0 Å². The van der Waals surface area contributed by atoms with E-state index in [-0.39, 0.29) is 12.8 Å². The number of aliphatic carboxylic acids is 1. The summed E-state index contributed by atoms with van der Waals surface area (Å²) in [5, 5.41) is 13.7. The minimum Gasteiger partial charge on any atom is -0.481 e. The van der Waals surface area contributed by atoms with Gasteiger partial charge in [-0.2, -0.15) is 0 Å². The van der Waals surface area contributed by atoms with E-state index in [2.05, 4.69) is 17.2 Å². The summed E-state index contributed by atoms with van der Waals surface area (Å²) in [6.45, 7) is 9.00. The molecule has 0 radical (unpaired) electrons. The van der Waals surface area contributed by atoms with Gasteiger partial charge < -0.3 is 20.5 Å². The molecule has 7 nitrogen and oxygen atoms in total. The fourth-order valence-corrected chi connectivity index (χ4v) is 1.41. The van der Waals surface area contributed by atoms with Gasteiger partial charge in [0.1, 0.15) is 11.6 Å². The molecule has 0 rings (SSSR count). The van der Waals surface area contributed by atoms with Crippen molar-refractivity contribution in [2.75, 3.05) is 6.54 Å². The van der Waals surface area contributed by atoms with Crippen LogP contribution in [-0.4, -0.2) is 41.3 Å². The topological polar surface area (TPSA) is 105 Å². The molecule has 0 bridgehead atoms. The molecule has 2 amide bonds. The van der Waals surface area contributed by atoms with Gasteiger partial charge in [0, 0.05) is 13.0 Å². The number of ether oxygens (including phenoxy) is 1. The summed E-state index contributed by atoms with van der Waals surface area (Å²) in [7, 11) is 0. The lowest BCUT2D eigenvalue weighted by atomic mass is 10.1. The molecule has 0 heterocycles. The van der Waals surface area contributed by atoms with Gasteiger partial charge in [0.25, 0.3) is 0 Å². The Labute approximate surface area is 124 Å². The lowest BCUT2D eigenvalue weighted by Crippen LogP contribution is -2.48. The summed E-state index contributed by atoms with van der Waals surface area (Å²) in [5.74, 6) is -1.48. The molecule has 0 fully saturated rings. The third-order valence-electron chi connectivity index (χ3n) is 2.30. The van der Waals surface area contributed by atoms with E-state index in [1.807, 2.05) is 0 Å². The second kappa shape index (κ2) is 8.99. The molecular weight excluding hydrogens is 276 g/mol. The fourth-order valence-electron chi connectivity index (χ4n) is 1.41. The SMILES string of the molecule is C=CCCNC(=O)C(CCC(=O)O)NC(=O)OC(C)(C)C. The lowest BCUT2D eigenvalue weighted by molar-refractivity contribution is -0.137. The number of rotatable bonds is 8. The highest BCUT2D eigenvalue weighted by molar-refractivity contribution is 5.86. The van der Waals surface area contributed by atoms with E-state index < -0.39 is 29.6 Å². The van der Waals surface area contributed by atoms with Crippen molar-refractivity contribution in [2.24, 2.45) is 0 Å². The second-order valence-electron chi connectivity index (χ2n) is 5.50. The third-order valence-corrected chi connectivity index (χ3v) is 2.30. The smallest absolute Gasteiger partial charge is 0.408 e. The number of amides is 2. The van der Waals surface area contributed by atoms with Gasteiger partial charge in [0.15, 0.2) is 0 Å². The molecule has 21 heavy (non-hydrogen) atoms. The molecule has 0 aliphatic heterocycles. The van der Waals surface area contributed by atoms with Crippen LogP contribution in [-0.2, 0) is 14.3 Å². The number of carboxylic acid groups (broad SMARTS) is 1. The molecular formula is C14H24N2O5. The number of hydrogen-bond donors (Lipinski definition) is 3. The molecule has 120 valence electrons. The summed E-state index contributed by atoms with van der Waals surface area (Å²) < 4.78 is 5.06. The zero-order valence-electron chi connectivity index (χ0n) is 12.8. The first-order valence-electron chi connectivity index (χ1n) is 6.75. The average molecular weight is 300 g/mol. The largest absolute Gasteiger partial charge is 0.481 e. The first-order valence-corrected chi connectivity index (χ1v) is 6.75. The van der Waals surface area contributed by atoms with Crippen LogP contribution in [0.5, 0.6) is 0 Å². The highest BCUT2D eigenvalue weighted by atomic mass is 16.6. The molecule has 1 atom stereocenters. The number of nitrogens with one attached hydrogen (secondary N) is 2. The maximum absolute atomic E-state index is 11.9. The summed E-state index contributed by atoms with van der Waals surface area (Å²) in [5.41, 5.74) is -0.694. The number of carbonyl (C=O) groups excluding carboxylic acids is 2. The van der Waals surface area contributed by atoms with E-state index in [0.717, 1.165) is 0 Å². The molecule has 0 saturated carbocycles. The predicted molar refractivity (Wildman–Crippen MR) is 77.9 cm³/mol. The number of alkyl carbamates (subject to hydrolysis) is 1. The zero-order chi connectivity index (χ0) is 16.5. The van der Waals surface area contributed by atoms with Crippen LogP contribution >= 0.6 is 0 Å². The van der Waals surface area contributed by atoms with Crippen LogP contribution in [0.3, 0.4) is 0 Å². The maximum atomic E-state index is 11.9. The Kier molecular flexibility index (Phi) is 8.11. The summed E-state index contributed by atoms with van der Waals surface area (Å²) in [6.07, 6.45) is 1.25. The van der Waals surface area contributed by atoms with Crippen molar-refractivity contribution in [1.82, 2.24) is 10.6 Å². The van der Waals surface area contributed by atoms with Crippen LogP contribution in [0.4, 0.5) is 4.79 Å². The average Bonchev–Trinajstić information content (AvgIpc) is 2.32. The normalized spacial score (nSPS) is 12.1. The van der Waals surface area contributed by atoms with Crippen molar-refractivity contribution in [3.05, 3.63) is 12.7 Å². The first kappa shape index (κ1) is 18.9. The standard InChI is InChI=1S/C14H24N2O5/c1-5-6-9-15-12(19)10(7-8-11(17)18)16-13(20)21-14(2,3)4/h5,10H,1,6-9H2,2-4H3,(H,15,19)(H,16,20)(H,17,18). The monoisotopic (exact) mass is 300 g/mol. The fraction of sp³-hybridized carbons (Fsp3) is 0.643. The maximum Gasteiger partial charge on any atom is 0.408 e. The van der Waals surface area contributed by atoms with Gasteiger partial charge in [-0.25, -0.2) is 4.79 Å². The van der Waals surface area contributed by atoms with Crippen molar-refractivity contribution in [1.29, 1.82) is 0 Å². The quantitative estimate of drug-likeness (QED) is 0.464. The van der Waals surface area contributed by atoms with Gasteiger partial charge >= 0.3 is 12.1 Å². The minimum absolute atomic E-state index is 0.00546. The van der Waals surface area contributed by atoms with E-state index >= 15 is 0 Å². The Morgan fingerprint density at radius 2 is 1.95 bits per heavy atom. The Morgan fingerprint density at radius 3 is 2.43 bits per heavy atom. The van der Waals surface area contributed by atoms with Crippen LogP contribution < -0.4 is 10.6 Å². The van der Waals surface area contributed by atoms with Gasteiger partial charge in [0.2, 0.25) is 5.91 Å². The zero-order valence-corrected chi connectivity index (χ0v) is 12.8. The summed E-state index contributed by atoms with van der Waals surface area (Å²) in [4.78, 5) is 34.2. The number of carbonyl (C=O) groups is 3. The van der Waals surface area contributed by atoms with E-state index in [9.17, 15) is 14.4 Å². The van der Waals surface area contributed by atoms with E-state index in [0.29, 0.717) is 13.0 Å². The summed E-state index contributed by atoms with van der Waals surface area (Å²) in [6, 6.07) is -0.944. The third kappa shape index (κ3) is 10.4. The highest BCUT2D eigenvalue weighted by Gasteiger charge is 2.24. The van der Waals surface area contributed by atoms with E-state index in [4.69, 9.17) is 9.84 Å². The molecule has 0 saturated heterocycles. The van der Waals surface area contributed by atoms with Crippen molar-refractivity contribution in [2.45, 2.75) is 51.7 Å². The Hall–Kier alpha value is -2.05.